The summed E-state index contributed by atoms with van der Waals surface area (Å²) in [6.45, 7) is 1.05. The molecule has 0 spiro atoms. The third kappa shape index (κ3) is 4.13. The smallest absolute Gasteiger partial charge is 0.224 e. The molecule has 5 nitrogen and oxygen atoms in total. The fourth-order valence-electron chi connectivity index (χ4n) is 3.40. The fraction of sp³-hybridized carbons (Fsp3) is 0.929. The maximum atomic E-state index is 12.7. The third-order valence-electron chi connectivity index (χ3n) is 4.77. The Morgan fingerprint density at radius 2 is 2.00 bits per heavy atom. The van der Waals surface area contributed by atoms with Crippen LogP contribution in [0.2, 0.25) is 0 Å². The minimum Gasteiger partial charge on any atom is -0.330 e. The summed E-state index contributed by atoms with van der Waals surface area (Å²) in [6.07, 6.45) is 7.06. The van der Waals surface area contributed by atoms with Crippen molar-refractivity contribution in [3.63, 3.8) is 0 Å². The van der Waals surface area contributed by atoms with Crippen LogP contribution in [0.3, 0.4) is 0 Å². The van der Waals surface area contributed by atoms with Crippen molar-refractivity contribution in [3.05, 3.63) is 0 Å². The van der Waals surface area contributed by atoms with E-state index in [0.29, 0.717) is 25.3 Å². The molecule has 0 aromatic rings. The van der Waals surface area contributed by atoms with Gasteiger partial charge in [0.2, 0.25) is 5.91 Å². The van der Waals surface area contributed by atoms with E-state index in [2.05, 4.69) is 0 Å². The van der Waals surface area contributed by atoms with Crippen LogP contribution in [-0.4, -0.2) is 55.4 Å². The first kappa shape index (κ1) is 17.1. The van der Waals surface area contributed by atoms with Crippen molar-refractivity contribution in [3.8, 4) is 0 Å². The SMILES string of the molecule is CS(=O)(=O)C1CSCCN1C(=O)CC1(CN)CCCCC1. The van der Waals surface area contributed by atoms with Crippen LogP contribution in [0.4, 0.5) is 0 Å². The third-order valence-corrected chi connectivity index (χ3v) is 7.42. The van der Waals surface area contributed by atoms with Crippen LogP contribution >= 0.6 is 11.8 Å². The van der Waals surface area contributed by atoms with Crippen molar-refractivity contribution in [2.75, 3.05) is 30.9 Å². The number of carbonyl (C=O) groups is 1. The molecule has 1 amide bonds. The van der Waals surface area contributed by atoms with E-state index in [1.54, 1.807) is 16.7 Å². The van der Waals surface area contributed by atoms with Gasteiger partial charge in [-0.25, -0.2) is 8.42 Å². The van der Waals surface area contributed by atoms with Crippen molar-refractivity contribution >= 4 is 27.5 Å². The molecule has 7 heteroatoms. The summed E-state index contributed by atoms with van der Waals surface area (Å²) in [5, 5.41) is -0.665. The molecule has 0 aromatic heterocycles. The summed E-state index contributed by atoms with van der Waals surface area (Å²) in [5.41, 5.74) is 5.83. The summed E-state index contributed by atoms with van der Waals surface area (Å²) >= 11 is 1.60. The van der Waals surface area contributed by atoms with E-state index in [4.69, 9.17) is 5.73 Å². The second-order valence-corrected chi connectivity index (χ2v) is 9.74. The Kier molecular flexibility index (Phi) is 5.59. The number of nitrogens with two attached hydrogens (primary N) is 1. The highest BCUT2D eigenvalue weighted by molar-refractivity contribution is 8.00. The largest absolute Gasteiger partial charge is 0.330 e. The molecule has 0 aromatic carbocycles. The predicted molar refractivity (Wildman–Crippen MR) is 86.9 cm³/mol. The average Bonchev–Trinajstić information content (AvgIpc) is 2.47. The second kappa shape index (κ2) is 6.87. The number of sulfone groups is 1. The Hall–Kier alpha value is -0.270. The molecule has 2 aliphatic rings. The maximum absolute atomic E-state index is 12.7. The fourth-order valence-corrected chi connectivity index (χ4v) is 6.23. The number of thioether (sulfide) groups is 1. The molecule has 1 saturated heterocycles. The Morgan fingerprint density at radius 1 is 1.33 bits per heavy atom. The van der Waals surface area contributed by atoms with E-state index in [-0.39, 0.29) is 11.3 Å². The molecule has 1 unspecified atom stereocenters. The van der Waals surface area contributed by atoms with Crippen molar-refractivity contribution in [1.82, 2.24) is 4.90 Å². The van der Waals surface area contributed by atoms with Gasteiger partial charge < -0.3 is 10.6 Å². The van der Waals surface area contributed by atoms with Gasteiger partial charge in [0, 0.05) is 30.7 Å². The minimum absolute atomic E-state index is 0.0296. The monoisotopic (exact) mass is 334 g/mol. The van der Waals surface area contributed by atoms with E-state index in [1.165, 1.54) is 12.7 Å². The summed E-state index contributed by atoms with van der Waals surface area (Å²) in [6, 6.07) is 0. The lowest BCUT2D eigenvalue weighted by atomic mass is 9.71. The van der Waals surface area contributed by atoms with Gasteiger partial charge in [0.05, 0.1) is 0 Å². The first-order chi connectivity index (χ1) is 9.88. The van der Waals surface area contributed by atoms with E-state index in [1.807, 2.05) is 0 Å². The zero-order valence-corrected chi connectivity index (χ0v) is 14.3. The molecule has 1 atom stereocenters. The van der Waals surface area contributed by atoms with Gasteiger partial charge in [0.25, 0.3) is 0 Å². The molecule has 1 heterocycles. The molecule has 0 radical (unpaired) electrons. The van der Waals surface area contributed by atoms with Crippen LogP contribution in [0.15, 0.2) is 0 Å². The minimum atomic E-state index is -3.23. The van der Waals surface area contributed by atoms with Crippen LogP contribution in [-0.2, 0) is 14.6 Å². The van der Waals surface area contributed by atoms with Crippen LogP contribution in [0.25, 0.3) is 0 Å². The van der Waals surface area contributed by atoms with Crippen LogP contribution in [0, 0.1) is 5.41 Å². The predicted octanol–water partition coefficient (Wildman–Crippen LogP) is 1.23. The van der Waals surface area contributed by atoms with E-state index in [9.17, 15) is 13.2 Å². The normalized spacial score (nSPS) is 26.6. The quantitative estimate of drug-likeness (QED) is 0.836. The van der Waals surface area contributed by atoms with Gasteiger partial charge in [-0.15, -0.1) is 0 Å². The van der Waals surface area contributed by atoms with Crippen molar-refractivity contribution in [2.24, 2.45) is 11.1 Å². The molecule has 1 aliphatic carbocycles. The molecule has 21 heavy (non-hydrogen) atoms. The van der Waals surface area contributed by atoms with E-state index in [0.717, 1.165) is 31.4 Å². The molecule has 1 saturated carbocycles. The average molecular weight is 335 g/mol. The van der Waals surface area contributed by atoms with Crippen LogP contribution in [0.1, 0.15) is 38.5 Å². The Labute approximate surface area is 131 Å². The Morgan fingerprint density at radius 3 is 2.57 bits per heavy atom. The maximum Gasteiger partial charge on any atom is 0.224 e. The van der Waals surface area contributed by atoms with Gasteiger partial charge >= 0.3 is 0 Å². The highest BCUT2D eigenvalue weighted by Crippen LogP contribution is 2.39. The molecule has 2 N–H and O–H groups in total. The lowest BCUT2D eigenvalue weighted by molar-refractivity contribution is -0.134. The first-order valence-electron chi connectivity index (χ1n) is 7.64. The molecular weight excluding hydrogens is 308 g/mol. The van der Waals surface area contributed by atoms with E-state index < -0.39 is 15.2 Å². The first-order valence-corrected chi connectivity index (χ1v) is 10.8. The number of hydrogen-bond acceptors (Lipinski definition) is 5. The highest BCUT2D eigenvalue weighted by Gasteiger charge is 2.39. The molecule has 1 aliphatic heterocycles. The van der Waals surface area contributed by atoms with Crippen LogP contribution in [0.5, 0.6) is 0 Å². The zero-order chi connectivity index (χ0) is 15.5. The Balaban J connectivity index is 2.10. The molecule has 122 valence electrons. The van der Waals surface area contributed by atoms with Crippen LogP contribution < -0.4 is 5.73 Å². The van der Waals surface area contributed by atoms with Gasteiger partial charge in [0.1, 0.15) is 5.37 Å². The van der Waals surface area contributed by atoms with Gasteiger partial charge in [0.15, 0.2) is 9.84 Å². The number of carbonyl (C=O) groups excluding carboxylic acids is 1. The molecule has 2 fully saturated rings. The van der Waals surface area contributed by atoms with Crippen molar-refractivity contribution < 1.29 is 13.2 Å². The number of rotatable bonds is 4. The van der Waals surface area contributed by atoms with Gasteiger partial charge in [-0.05, 0) is 24.8 Å². The summed E-state index contributed by atoms with van der Waals surface area (Å²) in [4.78, 5) is 14.3. The lowest BCUT2D eigenvalue weighted by Crippen LogP contribution is -2.51. The second-order valence-electron chi connectivity index (χ2n) is 6.39. The summed E-state index contributed by atoms with van der Waals surface area (Å²) < 4.78 is 23.8. The summed E-state index contributed by atoms with van der Waals surface area (Å²) in [7, 11) is -3.23. The van der Waals surface area contributed by atoms with Gasteiger partial charge in [-0.1, -0.05) is 19.3 Å². The molecule has 2 rings (SSSR count). The van der Waals surface area contributed by atoms with E-state index >= 15 is 0 Å². The highest BCUT2D eigenvalue weighted by atomic mass is 32.2. The molecule has 0 bridgehead atoms. The standard InChI is InChI=1S/C14H26N2O3S2/c1-21(18,19)13-10-20-8-7-16(13)12(17)9-14(11-15)5-3-2-4-6-14/h13H,2-11,15H2,1H3. The summed E-state index contributed by atoms with van der Waals surface area (Å²) in [5.74, 6) is 1.27. The van der Waals surface area contributed by atoms with Gasteiger partial charge in [-0.3, -0.25) is 4.79 Å². The number of hydrogen-bond donors (Lipinski definition) is 1. The number of amides is 1. The molecular formula is C14H26N2O3S2. The van der Waals surface area contributed by atoms with Gasteiger partial charge in [-0.2, -0.15) is 11.8 Å². The van der Waals surface area contributed by atoms with Crippen molar-refractivity contribution in [2.45, 2.75) is 43.9 Å². The topological polar surface area (TPSA) is 80.5 Å². The number of nitrogens with zero attached hydrogens (tertiary/aromatic N) is 1. The van der Waals surface area contributed by atoms with Crippen molar-refractivity contribution in [1.29, 1.82) is 0 Å². The Bertz CT molecular complexity index is 473. The zero-order valence-electron chi connectivity index (χ0n) is 12.7. The lowest BCUT2D eigenvalue weighted by Gasteiger charge is -2.40.